The summed E-state index contributed by atoms with van der Waals surface area (Å²) in [6.07, 6.45) is 0. The number of hydrogen-bond acceptors (Lipinski definition) is 4. The maximum absolute atomic E-state index is 11.3. The van der Waals surface area contributed by atoms with Crippen molar-refractivity contribution in [2.75, 3.05) is 0 Å². The van der Waals surface area contributed by atoms with Crippen LogP contribution in [0, 0.1) is 0 Å². The summed E-state index contributed by atoms with van der Waals surface area (Å²) in [6, 6.07) is 9.10. The summed E-state index contributed by atoms with van der Waals surface area (Å²) < 4.78 is 1.16. The number of benzene rings is 1. The second-order valence-corrected chi connectivity index (χ2v) is 3.92. The molecule has 7 heteroatoms. The van der Waals surface area contributed by atoms with Gasteiger partial charge in [0.15, 0.2) is 17.1 Å². The van der Waals surface area contributed by atoms with E-state index in [9.17, 15) is 14.7 Å². The molecule has 98 valence electrons. The van der Waals surface area contributed by atoms with Crippen molar-refractivity contribution >= 4 is 11.8 Å². The van der Waals surface area contributed by atoms with Crippen LogP contribution < -0.4 is 11.5 Å². The minimum Gasteiger partial charge on any atom is -0.504 e. The zero-order valence-electron chi connectivity index (χ0n) is 9.91. The van der Waals surface area contributed by atoms with E-state index in [-0.39, 0.29) is 17.9 Å². The average molecular weight is 260 g/mol. The SMILES string of the molecule is NC(=O)c1nn(Cc2ccccc2)c(C(N)=O)c1O. The Kier molecular flexibility index (Phi) is 3.19. The lowest BCUT2D eigenvalue weighted by atomic mass is 10.2. The topological polar surface area (TPSA) is 124 Å². The molecule has 1 heterocycles. The highest BCUT2D eigenvalue weighted by atomic mass is 16.3. The molecule has 0 fully saturated rings. The number of amides is 2. The molecule has 19 heavy (non-hydrogen) atoms. The average Bonchev–Trinajstić information content (AvgIpc) is 2.67. The monoisotopic (exact) mass is 260 g/mol. The molecule has 7 nitrogen and oxygen atoms in total. The molecule has 0 radical (unpaired) electrons. The summed E-state index contributed by atoms with van der Waals surface area (Å²) in [4.78, 5) is 22.4. The highest BCUT2D eigenvalue weighted by molar-refractivity contribution is 6.00. The molecule has 0 atom stereocenters. The predicted octanol–water partition coefficient (Wildman–Crippen LogP) is -0.165. The van der Waals surface area contributed by atoms with Crippen molar-refractivity contribution in [3.63, 3.8) is 0 Å². The summed E-state index contributed by atoms with van der Waals surface area (Å²) >= 11 is 0. The van der Waals surface area contributed by atoms with Gasteiger partial charge in [0.1, 0.15) is 0 Å². The molecule has 2 amide bonds. The summed E-state index contributed by atoms with van der Waals surface area (Å²) in [6.45, 7) is 0.194. The highest BCUT2D eigenvalue weighted by Crippen LogP contribution is 2.22. The van der Waals surface area contributed by atoms with Gasteiger partial charge in [-0.1, -0.05) is 30.3 Å². The van der Waals surface area contributed by atoms with Crippen LogP contribution in [-0.4, -0.2) is 26.7 Å². The molecule has 1 aromatic carbocycles. The van der Waals surface area contributed by atoms with Gasteiger partial charge in [-0.05, 0) is 5.56 Å². The molecule has 0 saturated heterocycles. The molecule has 0 unspecified atom stereocenters. The second kappa shape index (κ2) is 4.81. The first-order valence-corrected chi connectivity index (χ1v) is 5.44. The second-order valence-electron chi connectivity index (χ2n) is 3.92. The van der Waals surface area contributed by atoms with Crippen LogP contribution in [0.4, 0.5) is 0 Å². The minimum absolute atomic E-state index is 0.194. The molecule has 5 N–H and O–H groups in total. The lowest BCUT2D eigenvalue weighted by Crippen LogP contribution is -2.18. The minimum atomic E-state index is -0.924. The van der Waals surface area contributed by atoms with Crippen LogP contribution in [0.3, 0.4) is 0 Å². The predicted molar refractivity (Wildman–Crippen MR) is 66.5 cm³/mol. The first-order chi connectivity index (χ1) is 9.00. The zero-order chi connectivity index (χ0) is 14.0. The van der Waals surface area contributed by atoms with Crippen LogP contribution in [-0.2, 0) is 6.54 Å². The number of carbonyl (C=O) groups excluding carboxylic acids is 2. The van der Waals surface area contributed by atoms with Crippen molar-refractivity contribution in [1.82, 2.24) is 9.78 Å². The van der Waals surface area contributed by atoms with E-state index < -0.39 is 17.6 Å². The highest BCUT2D eigenvalue weighted by Gasteiger charge is 2.24. The van der Waals surface area contributed by atoms with Crippen molar-refractivity contribution in [2.24, 2.45) is 11.5 Å². The first kappa shape index (κ1) is 12.6. The Morgan fingerprint density at radius 1 is 1.16 bits per heavy atom. The number of aromatic nitrogens is 2. The maximum Gasteiger partial charge on any atom is 0.273 e. The van der Waals surface area contributed by atoms with Gasteiger partial charge in [0.05, 0.1) is 6.54 Å². The lowest BCUT2D eigenvalue weighted by molar-refractivity contribution is 0.0984. The molecule has 0 aliphatic rings. The van der Waals surface area contributed by atoms with Crippen molar-refractivity contribution < 1.29 is 14.7 Å². The van der Waals surface area contributed by atoms with Gasteiger partial charge in [-0.25, -0.2) is 0 Å². The molecular formula is C12H12N4O3. The number of aromatic hydroxyl groups is 1. The standard InChI is InChI=1S/C12H12N4O3/c13-11(18)8-10(17)9(12(14)19)16(15-8)6-7-4-2-1-3-5-7/h1-5,17H,6H2,(H2,13,18)(H2,14,19). The third-order valence-electron chi connectivity index (χ3n) is 2.57. The van der Waals surface area contributed by atoms with Gasteiger partial charge in [-0.15, -0.1) is 0 Å². The van der Waals surface area contributed by atoms with Crippen LogP contribution in [0.15, 0.2) is 30.3 Å². The largest absolute Gasteiger partial charge is 0.504 e. The summed E-state index contributed by atoms with van der Waals surface area (Å²) in [5, 5.41) is 13.6. The Labute approximate surface area is 108 Å². The van der Waals surface area contributed by atoms with E-state index in [2.05, 4.69) is 5.10 Å². The van der Waals surface area contributed by atoms with Gasteiger partial charge >= 0.3 is 0 Å². The van der Waals surface area contributed by atoms with E-state index in [0.717, 1.165) is 10.2 Å². The molecule has 0 aliphatic heterocycles. The zero-order valence-corrected chi connectivity index (χ0v) is 9.91. The van der Waals surface area contributed by atoms with Crippen molar-refractivity contribution in [3.8, 4) is 5.75 Å². The molecular weight excluding hydrogens is 248 g/mol. The summed E-state index contributed by atoms with van der Waals surface area (Å²) in [5.74, 6) is -2.39. The molecule has 0 bridgehead atoms. The Hall–Kier alpha value is -2.83. The van der Waals surface area contributed by atoms with Crippen molar-refractivity contribution in [1.29, 1.82) is 0 Å². The van der Waals surface area contributed by atoms with Gasteiger partial charge in [-0.3, -0.25) is 14.3 Å². The Morgan fingerprint density at radius 2 is 1.79 bits per heavy atom. The quantitative estimate of drug-likeness (QED) is 0.706. The molecule has 2 rings (SSSR count). The van der Waals surface area contributed by atoms with E-state index in [1.165, 1.54) is 0 Å². The van der Waals surface area contributed by atoms with Gasteiger partial charge < -0.3 is 16.6 Å². The summed E-state index contributed by atoms with van der Waals surface area (Å²) in [7, 11) is 0. The number of primary amides is 2. The van der Waals surface area contributed by atoms with Crippen molar-refractivity contribution in [2.45, 2.75) is 6.54 Å². The third kappa shape index (κ3) is 2.39. The summed E-state index contributed by atoms with van der Waals surface area (Å²) in [5.41, 5.74) is 10.5. The number of nitrogens with zero attached hydrogens (tertiary/aromatic N) is 2. The van der Waals surface area contributed by atoms with Crippen LogP contribution in [0.2, 0.25) is 0 Å². The molecule has 1 aromatic heterocycles. The van der Waals surface area contributed by atoms with Crippen LogP contribution in [0.25, 0.3) is 0 Å². The normalized spacial score (nSPS) is 10.3. The van der Waals surface area contributed by atoms with E-state index in [1.54, 1.807) is 0 Å². The van der Waals surface area contributed by atoms with Gasteiger partial charge in [0, 0.05) is 0 Å². The molecule has 2 aromatic rings. The molecule has 0 aliphatic carbocycles. The van der Waals surface area contributed by atoms with E-state index in [4.69, 9.17) is 11.5 Å². The Bertz CT molecular complexity index is 634. The first-order valence-electron chi connectivity index (χ1n) is 5.44. The fraction of sp³-hybridized carbons (Fsp3) is 0.0833. The van der Waals surface area contributed by atoms with Crippen LogP contribution >= 0.6 is 0 Å². The molecule has 0 spiro atoms. The van der Waals surface area contributed by atoms with Gasteiger partial charge in [0.25, 0.3) is 11.8 Å². The van der Waals surface area contributed by atoms with Crippen LogP contribution in [0.5, 0.6) is 5.75 Å². The van der Waals surface area contributed by atoms with Gasteiger partial charge in [0.2, 0.25) is 0 Å². The van der Waals surface area contributed by atoms with Gasteiger partial charge in [-0.2, -0.15) is 5.10 Å². The lowest BCUT2D eigenvalue weighted by Gasteiger charge is -2.04. The van der Waals surface area contributed by atoms with E-state index in [1.807, 2.05) is 30.3 Å². The fourth-order valence-corrected chi connectivity index (χ4v) is 1.73. The van der Waals surface area contributed by atoms with Crippen molar-refractivity contribution in [3.05, 3.63) is 47.3 Å². The Balaban J connectivity index is 2.48. The smallest absolute Gasteiger partial charge is 0.273 e. The number of hydrogen-bond donors (Lipinski definition) is 3. The number of nitrogens with two attached hydrogens (primary N) is 2. The molecule has 0 saturated carbocycles. The third-order valence-corrected chi connectivity index (χ3v) is 2.57. The van der Waals surface area contributed by atoms with E-state index >= 15 is 0 Å². The Morgan fingerprint density at radius 3 is 2.32 bits per heavy atom. The number of rotatable bonds is 4. The number of carbonyl (C=O) groups is 2. The van der Waals surface area contributed by atoms with E-state index in [0.29, 0.717) is 0 Å². The maximum atomic E-state index is 11.3. The fourth-order valence-electron chi connectivity index (χ4n) is 1.73. The van der Waals surface area contributed by atoms with Crippen LogP contribution in [0.1, 0.15) is 26.5 Å².